The maximum absolute atomic E-state index is 10.4. The lowest BCUT2D eigenvalue weighted by molar-refractivity contribution is -0.0729. The summed E-state index contributed by atoms with van der Waals surface area (Å²) in [6.45, 7) is 15.8. The number of hydrogen-bond acceptors (Lipinski definition) is 3. The summed E-state index contributed by atoms with van der Waals surface area (Å²) in [5, 5.41) is 10.4. The molecule has 0 amide bonds. The summed E-state index contributed by atoms with van der Waals surface area (Å²) in [4.78, 5) is 2.46. The van der Waals surface area contributed by atoms with Crippen LogP contribution in [0, 0.1) is 34.5 Å². The zero-order chi connectivity index (χ0) is 21.5. The van der Waals surface area contributed by atoms with Crippen molar-refractivity contribution in [2.75, 3.05) is 26.2 Å². The molecule has 3 fully saturated rings. The van der Waals surface area contributed by atoms with Crippen molar-refractivity contribution in [3.05, 3.63) is 11.6 Å². The van der Waals surface area contributed by atoms with E-state index in [1.165, 1.54) is 44.9 Å². The smallest absolute Gasteiger partial charge is 0.0613 e. The van der Waals surface area contributed by atoms with Gasteiger partial charge in [-0.2, -0.15) is 0 Å². The molecule has 4 rings (SSSR count). The van der Waals surface area contributed by atoms with Crippen LogP contribution in [0.25, 0.3) is 0 Å². The van der Waals surface area contributed by atoms with Crippen LogP contribution < -0.4 is 0 Å². The first-order chi connectivity index (χ1) is 14.3. The Morgan fingerprint density at radius 2 is 1.87 bits per heavy atom. The molecule has 0 aromatic rings. The largest absolute Gasteiger partial charge is 0.393 e. The molecule has 0 aliphatic heterocycles. The molecule has 4 aliphatic rings. The molecule has 0 saturated heterocycles. The Bertz CT molecular complexity index is 626. The van der Waals surface area contributed by atoms with Gasteiger partial charge in [0.1, 0.15) is 0 Å². The van der Waals surface area contributed by atoms with Crippen LogP contribution in [0.15, 0.2) is 11.6 Å². The van der Waals surface area contributed by atoms with Crippen molar-refractivity contribution in [1.29, 1.82) is 0 Å². The molecule has 4 aliphatic carbocycles. The minimum atomic E-state index is -0.147. The number of rotatable bonds is 7. The molecule has 172 valence electrons. The zero-order valence-electron chi connectivity index (χ0n) is 20.3. The lowest BCUT2D eigenvalue weighted by atomic mass is 9.47. The van der Waals surface area contributed by atoms with E-state index in [-0.39, 0.29) is 6.10 Å². The van der Waals surface area contributed by atoms with Gasteiger partial charge in [0.15, 0.2) is 0 Å². The standard InChI is InChI=1S/C27H47NO2/c1-6-28(7-2)16-17-30-21-12-14-26(4)20(18-21)8-9-22-24-11-10-23(19(3)29)27(24,5)15-13-25(22)26/h8,19,21-25,29H,6-7,9-18H2,1-5H3/t19-,21+,22+,23-,24+,25+,26+,27-/m1/s1. The van der Waals surface area contributed by atoms with Crippen molar-refractivity contribution in [3.63, 3.8) is 0 Å². The number of likely N-dealkylation sites (N-methyl/N-ethyl adjacent to an activating group) is 1. The summed E-state index contributed by atoms with van der Waals surface area (Å²) in [5.41, 5.74) is 2.48. The second kappa shape index (κ2) is 8.87. The monoisotopic (exact) mass is 417 g/mol. The first kappa shape index (κ1) is 22.8. The number of aliphatic hydroxyl groups excluding tert-OH is 1. The molecule has 0 unspecified atom stereocenters. The van der Waals surface area contributed by atoms with Crippen molar-refractivity contribution in [1.82, 2.24) is 4.90 Å². The predicted molar refractivity (Wildman–Crippen MR) is 124 cm³/mol. The highest BCUT2D eigenvalue weighted by atomic mass is 16.5. The topological polar surface area (TPSA) is 32.7 Å². The third-order valence-corrected chi connectivity index (χ3v) is 10.4. The van der Waals surface area contributed by atoms with E-state index >= 15 is 0 Å². The summed E-state index contributed by atoms with van der Waals surface area (Å²) >= 11 is 0. The van der Waals surface area contributed by atoms with Gasteiger partial charge in [-0.3, -0.25) is 0 Å². The molecule has 0 aromatic heterocycles. The van der Waals surface area contributed by atoms with Crippen molar-refractivity contribution in [2.24, 2.45) is 34.5 Å². The molecule has 3 heteroatoms. The van der Waals surface area contributed by atoms with Gasteiger partial charge < -0.3 is 14.7 Å². The maximum Gasteiger partial charge on any atom is 0.0613 e. The van der Waals surface area contributed by atoms with Crippen molar-refractivity contribution in [3.8, 4) is 0 Å². The summed E-state index contributed by atoms with van der Waals surface area (Å²) in [5.74, 6) is 3.01. The Kier molecular flexibility index (Phi) is 6.74. The van der Waals surface area contributed by atoms with Gasteiger partial charge in [-0.1, -0.05) is 39.3 Å². The van der Waals surface area contributed by atoms with Gasteiger partial charge in [0.05, 0.1) is 18.8 Å². The fourth-order valence-electron chi connectivity index (χ4n) is 8.49. The van der Waals surface area contributed by atoms with Crippen LogP contribution in [0.1, 0.15) is 86.0 Å². The molecular weight excluding hydrogens is 370 g/mol. The van der Waals surface area contributed by atoms with Gasteiger partial charge in [0.2, 0.25) is 0 Å². The van der Waals surface area contributed by atoms with E-state index in [0.717, 1.165) is 50.4 Å². The second-order valence-corrected chi connectivity index (χ2v) is 11.5. The van der Waals surface area contributed by atoms with E-state index in [9.17, 15) is 5.11 Å². The van der Waals surface area contributed by atoms with Gasteiger partial charge in [0.25, 0.3) is 0 Å². The van der Waals surface area contributed by atoms with E-state index in [1.54, 1.807) is 5.57 Å². The number of nitrogens with zero attached hydrogens (tertiary/aromatic N) is 1. The Morgan fingerprint density at radius 3 is 2.57 bits per heavy atom. The Hall–Kier alpha value is -0.380. The van der Waals surface area contributed by atoms with Gasteiger partial charge >= 0.3 is 0 Å². The third-order valence-electron chi connectivity index (χ3n) is 10.4. The van der Waals surface area contributed by atoms with Crippen LogP contribution in [0.2, 0.25) is 0 Å². The molecule has 30 heavy (non-hydrogen) atoms. The van der Waals surface area contributed by atoms with Crippen LogP contribution in [-0.4, -0.2) is 48.5 Å². The molecule has 0 heterocycles. The summed E-state index contributed by atoms with van der Waals surface area (Å²) in [7, 11) is 0. The predicted octanol–water partition coefficient (Wildman–Crippen LogP) is 5.67. The van der Waals surface area contributed by atoms with Crippen molar-refractivity contribution >= 4 is 0 Å². The summed E-state index contributed by atoms with van der Waals surface area (Å²) < 4.78 is 6.36. The van der Waals surface area contributed by atoms with Crippen LogP contribution in [-0.2, 0) is 4.74 Å². The lowest BCUT2D eigenvalue weighted by Crippen LogP contribution is -2.51. The second-order valence-electron chi connectivity index (χ2n) is 11.5. The molecule has 8 atom stereocenters. The summed E-state index contributed by atoms with van der Waals surface area (Å²) in [6, 6.07) is 0. The SMILES string of the molecule is CCN(CC)CCO[C@H]1CC[C@@]2(C)C(=CC[C@H]3[C@@H]4CC[C@H]([C@@H](C)O)[C@@]4(C)CC[C@@H]32)C1. The Morgan fingerprint density at radius 1 is 1.10 bits per heavy atom. The number of ether oxygens (including phenoxy) is 1. The number of aliphatic hydroxyl groups is 1. The van der Waals surface area contributed by atoms with Crippen LogP contribution >= 0.6 is 0 Å². The Labute approximate surface area is 185 Å². The average Bonchev–Trinajstić information content (AvgIpc) is 3.09. The van der Waals surface area contributed by atoms with Crippen molar-refractivity contribution in [2.45, 2.75) is 98.2 Å². The zero-order valence-corrected chi connectivity index (χ0v) is 20.3. The average molecular weight is 418 g/mol. The minimum absolute atomic E-state index is 0.147. The minimum Gasteiger partial charge on any atom is -0.393 e. The third kappa shape index (κ3) is 3.82. The lowest BCUT2D eigenvalue weighted by Gasteiger charge is -2.58. The molecule has 0 radical (unpaired) electrons. The first-order valence-electron chi connectivity index (χ1n) is 13.0. The van der Waals surface area contributed by atoms with E-state index in [0.29, 0.717) is 22.9 Å². The van der Waals surface area contributed by atoms with E-state index in [2.05, 4.69) is 38.7 Å². The fraction of sp³-hybridized carbons (Fsp3) is 0.926. The molecule has 1 N–H and O–H groups in total. The molecule has 0 aromatic carbocycles. The molecule has 0 bridgehead atoms. The number of allylic oxidation sites excluding steroid dienone is 1. The molecular formula is C27H47NO2. The van der Waals surface area contributed by atoms with Gasteiger partial charge in [-0.25, -0.2) is 0 Å². The number of fused-ring (bicyclic) bond motifs is 5. The first-order valence-corrected chi connectivity index (χ1v) is 13.0. The van der Waals surface area contributed by atoms with E-state index in [1.807, 2.05) is 6.92 Å². The maximum atomic E-state index is 10.4. The van der Waals surface area contributed by atoms with E-state index < -0.39 is 0 Å². The van der Waals surface area contributed by atoms with Gasteiger partial charge in [-0.05, 0) is 106 Å². The van der Waals surface area contributed by atoms with Crippen LogP contribution in [0.5, 0.6) is 0 Å². The summed E-state index contributed by atoms with van der Waals surface area (Å²) in [6.07, 6.45) is 13.1. The normalized spacial score (nSPS) is 44.2. The quantitative estimate of drug-likeness (QED) is 0.542. The highest BCUT2D eigenvalue weighted by Gasteiger charge is 2.59. The van der Waals surface area contributed by atoms with Crippen LogP contribution in [0.3, 0.4) is 0 Å². The van der Waals surface area contributed by atoms with Gasteiger partial charge in [-0.15, -0.1) is 0 Å². The van der Waals surface area contributed by atoms with E-state index in [4.69, 9.17) is 4.74 Å². The van der Waals surface area contributed by atoms with Crippen LogP contribution in [0.4, 0.5) is 0 Å². The highest BCUT2D eigenvalue weighted by Crippen LogP contribution is 2.66. The molecule has 0 spiro atoms. The van der Waals surface area contributed by atoms with Gasteiger partial charge in [0, 0.05) is 6.54 Å². The van der Waals surface area contributed by atoms with Crippen molar-refractivity contribution < 1.29 is 9.84 Å². The molecule has 3 nitrogen and oxygen atoms in total. The highest BCUT2D eigenvalue weighted by molar-refractivity contribution is 5.25. The Balaban J connectivity index is 1.42. The fourth-order valence-corrected chi connectivity index (χ4v) is 8.49. The molecule has 3 saturated carbocycles. The number of hydrogen-bond donors (Lipinski definition) is 1.